The summed E-state index contributed by atoms with van der Waals surface area (Å²) in [5.41, 5.74) is 17.6. The third-order valence-corrected chi connectivity index (χ3v) is 12.4. The summed E-state index contributed by atoms with van der Waals surface area (Å²) in [5, 5.41) is 9.81. The van der Waals surface area contributed by atoms with Crippen LogP contribution in [0.5, 0.6) is 0 Å². The Morgan fingerprint density at radius 3 is 0.981 bits per heavy atom. The van der Waals surface area contributed by atoms with Crippen LogP contribution in [0.4, 0.5) is 0 Å². The maximum atomic E-state index is 6.46. The van der Waals surface area contributed by atoms with Gasteiger partial charge in [0.2, 0.25) is 0 Å². The van der Waals surface area contributed by atoms with Gasteiger partial charge in [-0.25, -0.2) is 0 Å². The average molecular weight is 689 g/mol. The number of rotatable bonds is 0. The van der Waals surface area contributed by atoms with E-state index in [1.807, 2.05) is 12.1 Å². The molecule has 0 aliphatic carbocycles. The van der Waals surface area contributed by atoms with Crippen molar-refractivity contribution in [3.05, 3.63) is 146 Å². The van der Waals surface area contributed by atoms with Gasteiger partial charge in [0.05, 0.1) is 66.2 Å². The zero-order chi connectivity index (χ0) is 34.6. The molecule has 7 heterocycles. The Kier molecular flexibility index (Phi) is 4.20. The smallest absolute Gasteiger partial charge is 0.152 e. The topological polar surface area (TPSA) is 43.9 Å². The van der Waals surface area contributed by atoms with Crippen molar-refractivity contribution in [2.45, 2.75) is 0 Å². The van der Waals surface area contributed by atoms with Gasteiger partial charge in [0.15, 0.2) is 22.3 Å². The first-order valence-corrected chi connectivity index (χ1v) is 18.4. The van der Waals surface area contributed by atoms with E-state index < -0.39 is 0 Å². The number of nitrogens with zero attached hydrogens (tertiary/aromatic N) is 4. The second-order valence-corrected chi connectivity index (χ2v) is 14.9. The molecule has 248 valence electrons. The van der Waals surface area contributed by atoms with Gasteiger partial charge in [-0.2, -0.15) is 0 Å². The highest BCUT2D eigenvalue weighted by Gasteiger charge is 2.25. The van der Waals surface area contributed by atoms with Crippen LogP contribution in [-0.2, 0) is 0 Å². The predicted octanol–water partition coefficient (Wildman–Crippen LogP) is 12.9. The van der Waals surface area contributed by atoms with E-state index in [4.69, 9.17) is 8.83 Å². The molecule has 15 aromatic rings. The molecule has 0 bridgehead atoms. The van der Waals surface area contributed by atoms with E-state index >= 15 is 0 Å². The normalized spacial score (nSPS) is 13.2. The molecule has 0 amide bonds. The van der Waals surface area contributed by atoms with Gasteiger partial charge >= 0.3 is 0 Å². The van der Waals surface area contributed by atoms with Gasteiger partial charge in [-0.1, -0.05) is 72.8 Å². The molecule has 0 saturated heterocycles. The van der Waals surface area contributed by atoms with Crippen LogP contribution in [0.1, 0.15) is 0 Å². The summed E-state index contributed by atoms with van der Waals surface area (Å²) in [7, 11) is 0. The number of aromatic nitrogens is 4. The van der Waals surface area contributed by atoms with Crippen LogP contribution < -0.4 is 0 Å². The molecule has 6 heteroatoms. The minimum Gasteiger partial charge on any atom is -0.453 e. The van der Waals surface area contributed by atoms with E-state index in [1.165, 1.54) is 87.2 Å². The number of benzene rings is 8. The van der Waals surface area contributed by atoms with E-state index in [-0.39, 0.29) is 0 Å². The standard InChI is InChI=1S/C48H24N4O2/c1-3-17-41-33(13-1)49-37-21-29-25-9-5-15-35-45(25)51(39(29)23-31(37)27-11-7-19-43(53-41)47(27)49)36-16-6-10-26-30-22-38-32(24-40(30)52(35)46(26)36)28-12-8-20-44-48(28)50(38)34-14-2-4-18-42(34)54-44/h1-24H. The lowest BCUT2D eigenvalue weighted by atomic mass is 10.1. The lowest BCUT2D eigenvalue weighted by Crippen LogP contribution is -1.96. The van der Waals surface area contributed by atoms with Gasteiger partial charge in [0, 0.05) is 43.1 Å². The van der Waals surface area contributed by atoms with Crippen LogP contribution in [-0.4, -0.2) is 17.6 Å². The van der Waals surface area contributed by atoms with E-state index in [1.54, 1.807) is 0 Å². The van der Waals surface area contributed by atoms with Gasteiger partial charge in [-0.3, -0.25) is 0 Å². The van der Waals surface area contributed by atoms with Crippen LogP contribution in [0.2, 0.25) is 0 Å². The Hall–Kier alpha value is -7.44. The molecule has 54 heavy (non-hydrogen) atoms. The Bertz CT molecular complexity index is 3920. The van der Waals surface area contributed by atoms with Crippen LogP contribution in [0, 0.1) is 0 Å². The van der Waals surface area contributed by atoms with Crippen molar-refractivity contribution in [1.82, 2.24) is 17.6 Å². The Balaban J connectivity index is 1.16. The minimum atomic E-state index is 0.877. The molecule has 0 saturated carbocycles. The summed E-state index contributed by atoms with van der Waals surface area (Å²) in [4.78, 5) is 0. The fraction of sp³-hybridized carbons (Fsp3) is 0. The predicted molar refractivity (Wildman–Crippen MR) is 221 cm³/mol. The van der Waals surface area contributed by atoms with E-state index in [9.17, 15) is 0 Å². The Labute approximate surface area is 302 Å². The molecule has 0 atom stereocenters. The molecule has 0 N–H and O–H groups in total. The van der Waals surface area contributed by atoms with E-state index in [0.29, 0.717) is 0 Å². The zero-order valence-corrected chi connectivity index (χ0v) is 28.5. The molecule has 0 unspecified atom stereocenters. The third kappa shape index (κ3) is 2.77. The molecule has 0 radical (unpaired) electrons. The molecule has 0 spiro atoms. The van der Waals surface area contributed by atoms with Crippen molar-refractivity contribution in [1.29, 1.82) is 0 Å². The first-order valence-electron chi connectivity index (χ1n) is 18.4. The van der Waals surface area contributed by atoms with Gasteiger partial charge < -0.3 is 26.4 Å². The van der Waals surface area contributed by atoms with Gasteiger partial charge in [-0.15, -0.1) is 0 Å². The maximum Gasteiger partial charge on any atom is 0.152 e. The quantitative estimate of drug-likeness (QED) is 0.149. The molecule has 0 aliphatic rings. The maximum absolute atomic E-state index is 6.46. The van der Waals surface area contributed by atoms with Crippen molar-refractivity contribution in [2.24, 2.45) is 0 Å². The summed E-state index contributed by atoms with van der Waals surface area (Å²) in [5.74, 6) is 0. The highest BCUT2D eigenvalue weighted by molar-refractivity contribution is 6.27. The van der Waals surface area contributed by atoms with E-state index in [0.717, 1.165) is 44.4 Å². The number of para-hydroxylation sites is 8. The minimum absolute atomic E-state index is 0.877. The monoisotopic (exact) mass is 688 g/mol. The van der Waals surface area contributed by atoms with Crippen LogP contribution in [0.15, 0.2) is 154 Å². The second-order valence-electron chi connectivity index (χ2n) is 14.9. The first-order chi connectivity index (χ1) is 26.8. The Morgan fingerprint density at radius 1 is 0.241 bits per heavy atom. The van der Waals surface area contributed by atoms with E-state index in [2.05, 4.69) is 151 Å². The molecule has 15 rings (SSSR count). The largest absolute Gasteiger partial charge is 0.453 e. The Morgan fingerprint density at radius 2 is 0.556 bits per heavy atom. The number of hydrogen-bond donors (Lipinski definition) is 0. The average Bonchev–Trinajstić information content (AvgIpc) is 3.93. The fourth-order valence-electron chi connectivity index (χ4n) is 10.4. The zero-order valence-electron chi connectivity index (χ0n) is 28.5. The van der Waals surface area contributed by atoms with Crippen molar-refractivity contribution >= 4 is 132 Å². The number of fused-ring (bicyclic) bond motifs is 18. The summed E-state index contributed by atoms with van der Waals surface area (Å²) in [6.07, 6.45) is 0. The van der Waals surface area contributed by atoms with Crippen LogP contribution >= 0.6 is 0 Å². The molecule has 0 fully saturated rings. The van der Waals surface area contributed by atoms with Crippen molar-refractivity contribution in [3.8, 4) is 0 Å². The van der Waals surface area contributed by atoms with Gasteiger partial charge in [0.1, 0.15) is 0 Å². The SMILES string of the molecule is c1ccc2c(c1)oc1cccc3c4cc5c(cc4n2c13)c1cccc2c1n5c1cccc3c4cc5c(cc4n2c31)c1cccc2oc3ccccc3n5c21. The molecular formula is C48H24N4O2. The van der Waals surface area contributed by atoms with Crippen molar-refractivity contribution < 1.29 is 8.83 Å². The summed E-state index contributed by atoms with van der Waals surface area (Å²) in [6, 6.07) is 52.9. The van der Waals surface area contributed by atoms with Gasteiger partial charge in [-0.05, 0) is 72.8 Å². The van der Waals surface area contributed by atoms with Crippen molar-refractivity contribution in [3.63, 3.8) is 0 Å². The van der Waals surface area contributed by atoms with Gasteiger partial charge in [0.25, 0.3) is 0 Å². The third-order valence-electron chi connectivity index (χ3n) is 12.4. The summed E-state index contributed by atoms with van der Waals surface area (Å²) in [6.45, 7) is 0. The molecule has 7 aromatic heterocycles. The molecular weight excluding hydrogens is 665 g/mol. The summed E-state index contributed by atoms with van der Waals surface area (Å²) >= 11 is 0. The molecule has 6 nitrogen and oxygen atoms in total. The molecule has 8 aromatic carbocycles. The first kappa shape index (κ1) is 26.4. The number of hydrogen-bond acceptors (Lipinski definition) is 2. The molecule has 0 aliphatic heterocycles. The highest BCUT2D eigenvalue weighted by atomic mass is 16.3. The fourth-order valence-corrected chi connectivity index (χ4v) is 10.4. The highest BCUT2D eigenvalue weighted by Crippen LogP contribution is 2.45. The lowest BCUT2D eigenvalue weighted by Gasteiger charge is -2.11. The van der Waals surface area contributed by atoms with Crippen LogP contribution in [0.3, 0.4) is 0 Å². The summed E-state index contributed by atoms with van der Waals surface area (Å²) < 4.78 is 22.7. The second kappa shape index (κ2) is 8.60. The van der Waals surface area contributed by atoms with Crippen molar-refractivity contribution in [2.75, 3.05) is 0 Å². The lowest BCUT2D eigenvalue weighted by molar-refractivity contribution is 0.655. The van der Waals surface area contributed by atoms with Crippen LogP contribution in [0.25, 0.3) is 132 Å².